The molecule has 18 heavy (non-hydrogen) atoms. The molecule has 3 nitrogen and oxygen atoms in total. The summed E-state index contributed by atoms with van der Waals surface area (Å²) in [4.78, 5) is 12.1. The first-order valence-corrected chi connectivity index (χ1v) is 7.46. The largest absolute Gasteiger partial charge is 0.458 e. The monoisotopic (exact) mass is 252 g/mol. The molecule has 0 radical (unpaired) electrons. The smallest absolute Gasteiger partial charge is 0.309 e. The lowest BCUT2D eigenvalue weighted by molar-refractivity contribution is -0.169. The molecular weight excluding hydrogens is 228 g/mol. The van der Waals surface area contributed by atoms with Crippen molar-refractivity contribution in [3.63, 3.8) is 0 Å². The van der Waals surface area contributed by atoms with Crippen LogP contribution in [0.25, 0.3) is 0 Å². The molecule has 0 aliphatic heterocycles. The number of hydrogen-bond acceptors (Lipinski definition) is 3. The average Bonchev–Trinajstić information content (AvgIpc) is 2.98. The van der Waals surface area contributed by atoms with Gasteiger partial charge in [0.05, 0.1) is 11.5 Å². The molecule has 3 aliphatic carbocycles. The predicted molar refractivity (Wildman–Crippen MR) is 67.9 cm³/mol. The summed E-state index contributed by atoms with van der Waals surface area (Å²) in [5.74, 6) is 0.725. The van der Waals surface area contributed by atoms with Crippen LogP contribution in [-0.4, -0.2) is 22.3 Å². The van der Waals surface area contributed by atoms with Crippen molar-refractivity contribution in [3.8, 4) is 0 Å². The maximum Gasteiger partial charge on any atom is 0.309 e. The Morgan fingerprint density at radius 1 is 1.39 bits per heavy atom. The number of carbonyl (C=O) groups excluding carboxylic acids is 1. The molecule has 3 fully saturated rings. The van der Waals surface area contributed by atoms with Crippen molar-refractivity contribution in [2.24, 2.45) is 17.8 Å². The van der Waals surface area contributed by atoms with E-state index < -0.39 is 5.60 Å². The number of esters is 1. The van der Waals surface area contributed by atoms with Gasteiger partial charge in [-0.15, -0.1) is 0 Å². The molecule has 0 aromatic carbocycles. The second-order valence-electron chi connectivity index (χ2n) is 6.72. The third-order valence-corrected chi connectivity index (χ3v) is 5.79. The van der Waals surface area contributed by atoms with E-state index in [4.69, 9.17) is 4.74 Å². The van der Waals surface area contributed by atoms with Crippen molar-refractivity contribution >= 4 is 5.97 Å². The van der Waals surface area contributed by atoms with Crippen molar-refractivity contribution in [2.75, 3.05) is 0 Å². The summed E-state index contributed by atoms with van der Waals surface area (Å²) in [6, 6.07) is 0. The van der Waals surface area contributed by atoms with E-state index in [1.54, 1.807) is 0 Å². The van der Waals surface area contributed by atoms with Crippen LogP contribution in [0.2, 0.25) is 0 Å². The molecular formula is C15H24O3. The average molecular weight is 252 g/mol. The minimum atomic E-state index is -0.531. The second-order valence-corrected chi connectivity index (χ2v) is 6.72. The standard InChI is InChI=1S/C15H24O3/c1-3-10(2)13(16)18-15-8-7-14(17,9-15)11-5-4-6-12(11)15/h10-12,17H,3-9H2,1-2H3. The maximum atomic E-state index is 12.1. The van der Waals surface area contributed by atoms with E-state index in [2.05, 4.69) is 0 Å². The number of hydrogen-bond donors (Lipinski definition) is 1. The van der Waals surface area contributed by atoms with Gasteiger partial charge in [-0.3, -0.25) is 4.79 Å². The van der Waals surface area contributed by atoms with Gasteiger partial charge in [-0.25, -0.2) is 0 Å². The summed E-state index contributed by atoms with van der Waals surface area (Å²) < 4.78 is 5.92. The van der Waals surface area contributed by atoms with Crippen LogP contribution in [-0.2, 0) is 9.53 Å². The molecule has 3 heteroatoms. The number of ether oxygens (including phenoxy) is 1. The minimum absolute atomic E-state index is 0.0199. The third kappa shape index (κ3) is 1.56. The summed E-state index contributed by atoms with van der Waals surface area (Å²) in [7, 11) is 0. The molecule has 3 saturated carbocycles. The lowest BCUT2D eigenvalue weighted by Gasteiger charge is -2.37. The molecule has 1 N–H and O–H groups in total. The van der Waals surface area contributed by atoms with E-state index in [1.807, 2.05) is 13.8 Å². The molecule has 2 bridgehead atoms. The summed E-state index contributed by atoms with van der Waals surface area (Å²) in [5.41, 5.74) is -0.854. The topological polar surface area (TPSA) is 46.5 Å². The zero-order chi connectivity index (χ0) is 13.0. The van der Waals surface area contributed by atoms with Crippen molar-refractivity contribution in [1.29, 1.82) is 0 Å². The van der Waals surface area contributed by atoms with Gasteiger partial charge in [0.1, 0.15) is 5.60 Å². The molecule has 102 valence electrons. The normalized spacial score (nSPS) is 47.1. The van der Waals surface area contributed by atoms with Gasteiger partial charge in [0, 0.05) is 12.3 Å². The van der Waals surface area contributed by atoms with Crippen LogP contribution in [0.3, 0.4) is 0 Å². The maximum absolute atomic E-state index is 12.1. The highest BCUT2D eigenvalue weighted by atomic mass is 16.6. The third-order valence-electron chi connectivity index (χ3n) is 5.79. The number of aliphatic hydroxyl groups is 1. The highest BCUT2D eigenvalue weighted by Gasteiger charge is 2.68. The van der Waals surface area contributed by atoms with Crippen LogP contribution in [0.5, 0.6) is 0 Å². The van der Waals surface area contributed by atoms with Gasteiger partial charge in [-0.05, 0) is 38.0 Å². The van der Waals surface area contributed by atoms with Crippen molar-refractivity contribution < 1.29 is 14.6 Å². The highest BCUT2D eigenvalue weighted by molar-refractivity contribution is 5.72. The molecule has 0 saturated heterocycles. The lowest BCUT2D eigenvalue weighted by Crippen LogP contribution is -2.41. The Morgan fingerprint density at radius 2 is 2.11 bits per heavy atom. The zero-order valence-electron chi connectivity index (χ0n) is 11.4. The lowest BCUT2D eigenvalue weighted by atomic mass is 9.77. The van der Waals surface area contributed by atoms with Crippen LogP contribution < -0.4 is 0 Å². The van der Waals surface area contributed by atoms with E-state index in [0.29, 0.717) is 18.3 Å². The van der Waals surface area contributed by atoms with E-state index in [0.717, 1.165) is 32.1 Å². The fourth-order valence-electron chi connectivity index (χ4n) is 4.62. The SMILES string of the molecule is CCC(C)C(=O)OC12CCC(O)(C1)C1CCCC12. The highest BCUT2D eigenvalue weighted by Crippen LogP contribution is 2.64. The van der Waals surface area contributed by atoms with E-state index >= 15 is 0 Å². The quantitative estimate of drug-likeness (QED) is 0.785. The Hall–Kier alpha value is -0.570. The molecule has 3 aliphatic rings. The summed E-state index contributed by atoms with van der Waals surface area (Å²) in [5, 5.41) is 10.7. The molecule has 3 rings (SSSR count). The first kappa shape index (κ1) is 12.5. The Kier molecular flexibility index (Phi) is 2.74. The molecule has 0 spiro atoms. The van der Waals surface area contributed by atoms with E-state index in [9.17, 15) is 9.90 Å². The van der Waals surface area contributed by atoms with E-state index in [-0.39, 0.29) is 17.5 Å². The number of carbonyl (C=O) groups is 1. The summed E-state index contributed by atoms with van der Waals surface area (Å²) in [6.07, 6.45) is 6.63. The van der Waals surface area contributed by atoms with Gasteiger partial charge >= 0.3 is 5.97 Å². The van der Waals surface area contributed by atoms with Crippen LogP contribution in [0.4, 0.5) is 0 Å². The number of fused-ring (bicyclic) bond motifs is 5. The second kappa shape index (κ2) is 3.96. The molecule has 0 aromatic heterocycles. The Morgan fingerprint density at radius 3 is 2.83 bits per heavy atom. The van der Waals surface area contributed by atoms with Gasteiger partial charge in [0.15, 0.2) is 0 Å². The van der Waals surface area contributed by atoms with Gasteiger partial charge in [0.25, 0.3) is 0 Å². The molecule has 0 amide bonds. The molecule has 0 heterocycles. The van der Waals surface area contributed by atoms with Crippen LogP contribution in [0, 0.1) is 17.8 Å². The van der Waals surface area contributed by atoms with Crippen molar-refractivity contribution in [3.05, 3.63) is 0 Å². The fraction of sp³-hybridized carbons (Fsp3) is 0.933. The van der Waals surface area contributed by atoms with Gasteiger partial charge in [-0.2, -0.15) is 0 Å². The van der Waals surface area contributed by atoms with Gasteiger partial charge < -0.3 is 9.84 Å². The first-order valence-electron chi connectivity index (χ1n) is 7.46. The Balaban J connectivity index is 1.81. The predicted octanol–water partition coefficient (Wildman–Crippen LogP) is 2.66. The molecule has 5 atom stereocenters. The Labute approximate surface area is 109 Å². The van der Waals surface area contributed by atoms with Crippen LogP contribution >= 0.6 is 0 Å². The van der Waals surface area contributed by atoms with Crippen LogP contribution in [0.15, 0.2) is 0 Å². The summed E-state index contributed by atoms with van der Waals surface area (Å²) >= 11 is 0. The van der Waals surface area contributed by atoms with E-state index in [1.165, 1.54) is 6.42 Å². The van der Waals surface area contributed by atoms with Gasteiger partial charge in [0.2, 0.25) is 0 Å². The minimum Gasteiger partial charge on any atom is -0.458 e. The molecule has 0 aromatic rings. The summed E-state index contributed by atoms with van der Waals surface area (Å²) in [6.45, 7) is 3.95. The number of rotatable bonds is 3. The van der Waals surface area contributed by atoms with Gasteiger partial charge in [-0.1, -0.05) is 20.3 Å². The fourth-order valence-corrected chi connectivity index (χ4v) is 4.62. The zero-order valence-corrected chi connectivity index (χ0v) is 11.4. The molecule has 5 unspecified atom stereocenters. The first-order chi connectivity index (χ1) is 8.51. The van der Waals surface area contributed by atoms with Crippen molar-refractivity contribution in [2.45, 2.75) is 70.0 Å². The Bertz CT molecular complexity index is 367. The van der Waals surface area contributed by atoms with Crippen LogP contribution in [0.1, 0.15) is 58.8 Å². The van der Waals surface area contributed by atoms with Crippen molar-refractivity contribution in [1.82, 2.24) is 0 Å².